The summed E-state index contributed by atoms with van der Waals surface area (Å²) in [4.78, 5) is 26.0. The number of aliphatic imine (C=N–C) groups is 1. The summed E-state index contributed by atoms with van der Waals surface area (Å²) in [5.74, 6) is -2.10. The fourth-order valence-corrected chi connectivity index (χ4v) is 1.80. The topological polar surface area (TPSA) is 111 Å². The number of carboxylic acid groups (broad SMARTS) is 1. The van der Waals surface area contributed by atoms with E-state index in [1.807, 2.05) is 0 Å². The number of aliphatic hydroxyl groups excluding tert-OH is 1. The van der Waals surface area contributed by atoms with Crippen molar-refractivity contribution in [2.45, 2.75) is 0 Å². The van der Waals surface area contributed by atoms with Gasteiger partial charge in [-0.2, -0.15) is 5.26 Å². The van der Waals surface area contributed by atoms with Gasteiger partial charge >= 0.3 is 5.97 Å². The second-order valence-electron chi connectivity index (χ2n) is 3.77. The molecule has 1 aromatic rings. The average molecular weight is 256 g/mol. The minimum atomic E-state index is -1.23. The van der Waals surface area contributed by atoms with Crippen LogP contribution in [0.5, 0.6) is 0 Å². The summed E-state index contributed by atoms with van der Waals surface area (Å²) < 4.78 is 0. The molecule has 1 aliphatic rings. The smallest absolute Gasteiger partial charge is 0.325 e. The quantitative estimate of drug-likeness (QED) is 0.789. The lowest BCUT2D eigenvalue weighted by atomic mass is 10.1. The van der Waals surface area contributed by atoms with Crippen molar-refractivity contribution in [1.82, 2.24) is 0 Å². The molecular weight excluding hydrogens is 248 g/mol. The first-order valence-corrected chi connectivity index (χ1v) is 5.30. The maximum Gasteiger partial charge on any atom is 0.325 e. The summed E-state index contributed by atoms with van der Waals surface area (Å²) in [6, 6.07) is 7.98. The van der Waals surface area contributed by atoms with Crippen LogP contribution < -0.4 is 0 Å². The molecule has 6 heteroatoms. The fraction of sp³-hybridized carbons (Fsp3) is 0.0769. The standard InChI is InChI=1S/C13H8N2O4/c14-5-9(15-6-10(16)17)11-12(18)7-3-1-2-4-8(7)13(11)19/h1-4,18H,6H2,(H,16,17). The van der Waals surface area contributed by atoms with E-state index < -0.39 is 18.3 Å². The Hall–Kier alpha value is -2.94. The molecule has 0 heterocycles. The summed E-state index contributed by atoms with van der Waals surface area (Å²) in [5, 5.41) is 27.4. The number of fused-ring (bicyclic) bond motifs is 1. The van der Waals surface area contributed by atoms with Gasteiger partial charge in [-0.15, -0.1) is 0 Å². The zero-order valence-electron chi connectivity index (χ0n) is 9.62. The van der Waals surface area contributed by atoms with Gasteiger partial charge in [-0.1, -0.05) is 24.3 Å². The van der Waals surface area contributed by atoms with Crippen LogP contribution >= 0.6 is 0 Å². The number of carbonyl (C=O) groups is 2. The molecule has 0 saturated heterocycles. The van der Waals surface area contributed by atoms with Crippen molar-refractivity contribution >= 4 is 23.2 Å². The molecule has 0 saturated carbocycles. The number of hydrogen-bond acceptors (Lipinski definition) is 5. The lowest BCUT2D eigenvalue weighted by Gasteiger charge is -1.98. The van der Waals surface area contributed by atoms with E-state index in [1.54, 1.807) is 24.3 Å². The van der Waals surface area contributed by atoms with Gasteiger partial charge in [0.1, 0.15) is 23.9 Å². The Bertz CT molecular complexity index is 680. The fourth-order valence-electron chi connectivity index (χ4n) is 1.80. The monoisotopic (exact) mass is 256 g/mol. The van der Waals surface area contributed by atoms with Gasteiger partial charge in [0.15, 0.2) is 11.5 Å². The number of hydrogen-bond donors (Lipinski definition) is 2. The summed E-state index contributed by atoms with van der Waals surface area (Å²) >= 11 is 0. The number of aliphatic carboxylic acids is 1. The minimum Gasteiger partial charge on any atom is -0.506 e. The van der Waals surface area contributed by atoms with Crippen molar-refractivity contribution in [3.8, 4) is 6.07 Å². The summed E-state index contributed by atoms with van der Waals surface area (Å²) in [5.41, 5.74) is -0.0277. The zero-order valence-corrected chi connectivity index (χ0v) is 9.62. The van der Waals surface area contributed by atoms with Gasteiger partial charge in [-0.25, -0.2) is 0 Å². The summed E-state index contributed by atoms with van der Waals surface area (Å²) in [6.45, 7) is -0.636. The predicted molar refractivity (Wildman–Crippen MR) is 65.9 cm³/mol. The predicted octanol–water partition coefficient (Wildman–Crippen LogP) is 1.20. The molecule has 0 unspecified atom stereocenters. The number of carboxylic acids is 1. The molecule has 94 valence electrons. The molecule has 1 aliphatic carbocycles. The molecule has 0 amide bonds. The van der Waals surface area contributed by atoms with E-state index in [0.717, 1.165) is 0 Å². The highest BCUT2D eigenvalue weighted by atomic mass is 16.4. The lowest BCUT2D eigenvalue weighted by molar-refractivity contribution is -0.135. The van der Waals surface area contributed by atoms with Crippen molar-refractivity contribution < 1.29 is 19.8 Å². The van der Waals surface area contributed by atoms with Gasteiger partial charge in [0, 0.05) is 11.1 Å². The number of allylic oxidation sites excluding steroid dienone is 1. The van der Waals surface area contributed by atoms with E-state index in [2.05, 4.69) is 4.99 Å². The Morgan fingerprint density at radius 3 is 2.47 bits per heavy atom. The molecule has 2 rings (SSSR count). The molecule has 0 bridgehead atoms. The van der Waals surface area contributed by atoms with Crippen LogP contribution in [0, 0.1) is 11.3 Å². The maximum atomic E-state index is 12.1. The van der Waals surface area contributed by atoms with Crippen LogP contribution in [0.1, 0.15) is 15.9 Å². The Labute approximate surface area is 107 Å². The first-order valence-electron chi connectivity index (χ1n) is 5.30. The molecule has 2 N–H and O–H groups in total. The van der Waals surface area contributed by atoms with Crippen LogP contribution in [-0.2, 0) is 4.79 Å². The number of ketones is 1. The molecular formula is C13H8N2O4. The number of nitriles is 1. The Morgan fingerprint density at radius 2 is 1.95 bits per heavy atom. The zero-order chi connectivity index (χ0) is 14.0. The molecule has 0 radical (unpaired) electrons. The molecule has 0 fully saturated rings. The normalized spacial score (nSPS) is 14.3. The number of nitrogens with zero attached hydrogens (tertiary/aromatic N) is 2. The molecule has 6 nitrogen and oxygen atoms in total. The Kier molecular flexibility index (Phi) is 3.12. The number of aliphatic hydroxyl groups is 1. The SMILES string of the molecule is N#CC(=NCC(=O)O)C1=C(O)c2ccccc2C1=O. The molecule has 0 spiro atoms. The lowest BCUT2D eigenvalue weighted by Crippen LogP contribution is -2.11. The van der Waals surface area contributed by atoms with Gasteiger partial charge in [0.25, 0.3) is 0 Å². The van der Waals surface area contributed by atoms with Crippen molar-refractivity contribution in [2.24, 2.45) is 4.99 Å². The maximum absolute atomic E-state index is 12.1. The molecule has 0 aromatic heterocycles. The second kappa shape index (κ2) is 4.74. The van der Waals surface area contributed by atoms with E-state index in [1.165, 1.54) is 6.07 Å². The van der Waals surface area contributed by atoms with Crippen LogP contribution in [0.3, 0.4) is 0 Å². The third kappa shape index (κ3) is 2.09. The summed E-state index contributed by atoms with van der Waals surface area (Å²) in [6.07, 6.45) is 0. The molecule has 0 aliphatic heterocycles. The van der Waals surface area contributed by atoms with Crippen molar-refractivity contribution in [1.29, 1.82) is 5.26 Å². The minimum absolute atomic E-state index is 0.245. The van der Waals surface area contributed by atoms with Crippen LogP contribution in [0.4, 0.5) is 0 Å². The van der Waals surface area contributed by atoms with Gasteiger partial charge in [-0.05, 0) is 0 Å². The third-order valence-electron chi connectivity index (χ3n) is 2.61. The van der Waals surface area contributed by atoms with Crippen molar-refractivity contribution in [2.75, 3.05) is 6.54 Å². The highest BCUT2D eigenvalue weighted by Crippen LogP contribution is 2.31. The number of Topliss-reactive ketones (excluding diaryl/α,β-unsaturated/α-hetero) is 1. The number of benzene rings is 1. The Balaban J connectivity index is 2.50. The largest absolute Gasteiger partial charge is 0.506 e. The van der Waals surface area contributed by atoms with Crippen molar-refractivity contribution in [3.63, 3.8) is 0 Å². The second-order valence-corrected chi connectivity index (χ2v) is 3.77. The van der Waals surface area contributed by atoms with Gasteiger partial charge in [-0.3, -0.25) is 14.6 Å². The van der Waals surface area contributed by atoms with E-state index in [4.69, 9.17) is 10.4 Å². The molecule has 1 aromatic carbocycles. The molecule has 19 heavy (non-hydrogen) atoms. The highest BCUT2D eigenvalue weighted by Gasteiger charge is 2.32. The van der Waals surface area contributed by atoms with E-state index >= 15 is 0 Å². The van der Waals surface area contributed by atoms with Gasteiger partial charge in [0.05, 0.1) is 0 Å². The van der Waals surface area contributed by atoms with Crippen LogP contribution in [0.25, 0.3) is 5.76 Å². The van der Waals surface area contributed by atoms with Crippen LogP contribution in [0.2, 0.25) is 0 Å². The van der Waals surface area contributed by atoms with E-state index in [9.17, 15) is 14.7 Å². The first kappa shape index (κ1) is 12.5. The Morgan fingerprint density at radius 1 is 1.32 bits per heavy atom. The van der Waals surface area contributed by atoms with Gasteiger partial charge in [0.2, 0.25) is 0 Å². The van der Waals surface area contributed by atoms with Gasteiger partial charge < -0.3 is 10.2 Å². The number of carbonyl (C=O) groups excluding carboxylic acids is 1. The van der Waals surface area contributed by atoms with E-state index in [0.29, 0.717) is 5.56 Å². The number of rotatable bonds is 3. The highest BCUT2D eigenvalue weighted by molar-refractivity contribution is 6.39. The third-order valence-corrected chi connectivity index (χ3v) is 2.61. The molecule has 0 atom stereocenters. The van der Waals surface area contributed by atoms with Crippen molar-refractivity contribution in [3.05, 3.63) is 41.0 Å². The average Bonchev–Trinajstić information content (AvgIpc) is 2.65. The summed E-state index contributed by atoms with van der Waals surface area (Å²) in [7, 11) is 0. The van der Waals surface area contributed by atoms with Crippen LogP contribution in [0.15, 0.2) is 34.8 Å². The van der Waals surface area contributed by atoms with Crippen LogP contribution in [-0.4, -0.2) is 34.2 Å². The first-order chi connectivity index (χ1) is 9.06. The van der Waals surface area contributed by atoms with E-state index in [-0.39, 0.29) is 22.6 Å².